The van der Waals surface area contributed by atoms with E-state index in [-0.39, 0.29) is 17.5 Å². The van der Waals surface area contributed by atoms with Crippen molar-refractivity contribution in [2.24, 2.45) is 5.92 Å². The molecule has 5 N–H and O–H groups in total. The minimum Gasteiger partial charge on any atom is -0.462 e. The molecule has 4 rings (SSSR count). The van der Waals surface area contributed by atoms with Crippen molar-refractivity contribution < 1.29 is 38.1 Å². The molecule has 0 saturated carbocycles. The normalized spacial score (nSPS) is 23.7. The van der Waals surface area contributed by atoms with E-state index in [2.05, 4.69) is 20.0 Å². The lowest BCUT2D eigenvalue weighted by molar-refractivity contribution is -0.150. The molecule has 1 fully saturated rings. The topological polar surface area (TPSA) is 193 Å². The quantitative estimate of drug-likeness (QED) is 0.195. The molecule has 0 aliphatic carbocycles. The fourth-order valence-corrected chi connectivity index (χ4v) is 5.65. The van der Waals surface area contributed by atoms with Crippen LogP contribution < -0.4 is 15.3 Å². The molecule has 2 aromatic heterocycles. The molecule has 212 valence electrons. The minimum atomic E-state index is -4.25. The van der Waals surface area contributed by atoms with Crippen LogP contribution in [0.25, 0.3) is 11.2 Å². The Bertz CT molecular complexity index is 1320. The molecule has 1 aromatic carbocycles. The molecule has 14 nitrogen and oxygen atoms in total. The lowest BCUT2D eigenvalue weighted by Gasteiger charge is -2.28. The number of rotatable bonds is 11. The Kier molecular flexibility index (Phi) is 8.84. The lowest BCUT2D eigenvalue weighted by Crippen LogP contribution is -2.43. The van der Waals surface area contributed by atoms with E-state index in [9.17, 15) is 19.6 Å². The molecule has 1 aliphatic heterocycles. The third-order valence-corrected chi connectivity index (χ3v) is 7.48. The van der Waals surface area contributed by atoms with Crippen molar-refractivity contribution in [3.63, 3.8) is 0 Å². The Balaban J connectivity index is 1.54. The number of nitrogens with zero attached hydrogens (tertiary/aromatic N) is 4. The van der Waals surface area contributed by atoms with E-state index in [0.717, 1.165) is 0 Å². The molecular weight excluding hydrogens is 531 g/mol. The number of nitrogens with one attached hydrogen (secondary N) is 1. The molecule has 0 amide bonds. The highest BCUT2D eigenvalue weighted by Gasteiger charge is 2.46. The molecule has 6 atom stereocenters. The molecular formula is C24H33N6O8P. The van der Waals surface area contributed by atoms with Crippen LogP contribution in [-0.2, 0) is 23.4 Å². The van der Waals surface area contributed by atoms with Crippen molar-refractivity contribution in [1.29, 1.82) is 0 Å². The van der Waals surface area contributed by atoms with Gasteiger partial charge in [0.05, 0.1) is 19.0 Å². The van der Waals surface area contributed by atoms with Crippen LogP contribution in [0.2, 0.25) is 0 Å². The fraction of sp³-hybridized carbons (Fsp3) is 0.500. The van der Waals surface area contributed by atoms with Crippen molar-refractivity contribution in [2.45, 2.75) is 64.4 Å². The van der Waals surface area contributed by atoms with Gasteiger partial charge in [-0.15, -0.1) is 0 Å². The van der Waals surface area contributed by atoms with Crippen LogP contribution in [0.1, 0.15) is 33.9 Å². The number of ether oxygens (including phenoxy) is 2. The zero-order chi connectivity index (χ0) is 28.3. The van der Waals surface area contributed by atoms with Crippen LogP contribution in [0.15, 0.2) is 43.0 Å². The molecule has 3 aromatic rings. The van der Waals surface area contributed by atoms with Crippen LogP contribution >= 0.6 is 7.75 Å². The fourth-order valence-electron chi connectivity index (χ4n) is 3.98. The van der Waals surface area contributed by atoms with Gasteiger partial charge in [-0.3, -0.25) is 13.9 Å². The number of aromatic nitrogens is 4. The van der Waals surface area contributed by atoms with Gasteiger partial charge in [-0.2, -0.15) is 5.09 Å². The molecule has 39 heavy (non-hydrogen) atoms. The van der Waals surface area contributed by atoms with E-state index in [1.165, 1.54) is 17.2 Å². The lowest BCUT2D eigenvalue weighted by atomic mass is 10.1. The Morgan fingerprint density at radius 2 is 1.87 bits per heavy atom. The number of fused-ring (bicyclic) bond motifs is 1. The molecule has 1 saturated heterocycles. The Labute approximate surface area is 225 Å². The molecule has 3 heterocycles. The first-order valence-corrected chi connectivity index (χ1v) is 14.0. The maximum atomic E-state index is 13.9. The second-order valence-corrected chi connectivity index (χ2v) is 11.4. The average molecular weight is 565 g/mol. The second-order valence-electron chi connectivity index (χ2n) is 9.66. The van der Waals surface area contributed by atoms with Crippen LogP contribution in [0.5, 0.6) is 5.75 Å². The van der Waals surface area contributed by atoms with Crippen LogP contribution in [0.3, 0.4) is 0 Å². The summed E-state index contributed by atoms with van der Waals surface area (Å²) in [6.07, 6.45) is -2.85. The number of hydrogen-bond acceptors (Lipinski definition) is 12. The number of esters is 1. The summed E-state index contributed by atoms with van der Waals surface area (Å²) in [4.78, 5) is 24.9. The van der Waals surface area contributed by atoms with Crippen LogP contribution in [0, 0.1) is 5.92 Å². The number of para-hydroxylation sites is 1. The largest absolute Gasteiger partial charge is 0.462 e. The molecule has 0 radical (unpaired) electrons. The summed E-state index contributed by atoms with van der Waals surface area (Å²) in [5.74, 6) is -0.592. The standard InChI is InChI=1S/C24H33N6O8P/c1-13(2)17(24(33)36-14(3)4)29-39(34,38-15-8-6-5-7-9-15)35-10-16-19(31)20(32)23(37-16)30-12-28-18-21(25)26-11-27-22(18)30/h5-9,11-14,16-17,19-20,23,31-32H,10H2,1-4H3,(H,29,34)(H2,25,26,27)/t16-,17+,19-,20+,23-,39+/m1/s1. The van der Waals surface area contributed by atoms with Gasteiger partial charge in [0.25, 0.3) is 0 Å². The number of aliphatic hydroxyl groups is 2. The van der Waals surface area contributed by atoms with E-state index in [4.69, 9.17) is 24.3 Å². The molecule has 1 aliphatic rings. The highest BCUT2D eigenvalue weighted by atomic mass is 31.2. The van der Waals surface area contributed by atoms with E-state index in [1.807, 2.05) is 0 Å². The highest BCUT2D eigenvalue weighted by molar-refractivity contribution is 7.52. The van der Waals surface area contributed by atoms with E-state index < -0.39 is 57.0 Å². The third-order valence-electron chi connectivity index (χ3n) is 5.95. The van der Waals surface area contributed by atoms with Crippen molar-refractivity contribution >= 4 is 30.7 Å². The SMILES string of the molecule is CC(C)OC(=O)[C@@H](N[P@](=O)(OC[C@H]1O[C@@H](n2cnc3c(N)ncnc32)[C@@H](O)[C@@H]1O)Oc1ccccc1)C(C)C. The second kappa shape index (κ2) is 11.9. The summed E-state index contributed by atoms with van der Waals surface area (Å²) in [6.45, 7) is 6.46. The zero-order valence-electron chi connectivity index (χ0n) is 21.9. The van der Waals surface area contributed by atoms with Crippen molar-refractivity contribution in [1.82, 2.24) is 24.6 Å². The predicted molar refractivity (Wildman–Crippen MR) is 139 cm³/mol. The van der Waals surface area contributed by atoms with Crippen molar-refractivity contribution in [3.8, 4) is 5.75 Å². The maximum absolute atomic E-state index is 13.9. The first-order chi connectivity index (χ1) is 18.5. The van der Waals surface area contributed by atoms with Gasteiger partial charge in [-0.05, 0) is 31.9 Å². The van der Waals surface area contributed by atoms with Gasteiger partial charge in [-0.25, -0.2) is 19.5 Å². The molecule has 0 spiro atoms. The van der Waals surface area contributed by atoms with E-state index in [1.54, 1.807) is 58.0 Å². The van der Waals surface area contributed by atoms with Crippen LogP contribution in [0.4, 0.5) is 5.82 Å². The van der Waals surface area contributed by atoms with Gasteiger partial charge in [-0.1, -0.05) is 32.0 Å². The van der Waals surface area contributed by atoms with Crippen molar-refractivity contribution in [2.75, 3.05) is 12.3 Å². The van der Waals surface area contributed by atoms with E-state index in [0.29, 0.717) is 11.2 Å². The van der Waals surface area contributed by atoms with E-state index >= 15 is 0 Å². The first-order valence-electron chi connectivity index (χ1n) is 12.4. The number of carbonyl (C=O) groups excluding carboxylic acids is 1. The maximum Gasteiger partial charge on any atom is 0.459 e. The van der Waals surface area contributed by atoms with Gasteiger partial charge < -0.3 is 29.9 Å². The number of carbonyl (C=O) groups is 1. The number of benzene rings is 1. The molecule has 15 heteroatoms. The van der Waals surface area contributed by atoms with Gasteiger partial charge in [0.1, 0.15) is 41.9 Å². The number of hydrogen-bond donors (Lipinski definition) is 4. The Morgan fingerprint density at radius 3 is 2.54 bits per heavy atom. The summed E-state index contributed by atoms with van der Waals surface area (Å²) in [5, 5.41) is 24.2. The Hall–Kier alpha value is -3.13. The monoisotopic (exact) mass is 564 g/mol. The van der Waals surface area contributed by atoms with Crippen molar-refractivity contribution in [3.05, 3.63) is 43.0 Å². The van der Waals surface area contributed by atoms with Gasteiger partial charge in [0.15, 0.2) is 17.7 Å². The Morgan fingerprint density at radius 1 is 1.15 bits per heavy atom. The van der Waals surface area contributed by atoms with Gasteiger partial charge >= 0.3 is 13.7 Å². The number of anilines is 1. The highest BCUT2D eigenvalue weighted by Crippen LogP contribution is 2.46. The predicted octanol–water partition coefficient (Wildman–Crippen LogP) is 1.80. The summed E-state index contributed by atoms with van der Waals surface area (Å²) in [7, 11) is -4.25. The first kappa shape index (κ1) is 28.9. The summed E-state index contributed by atoms with van der Waals surface area (Å²) in [5.41, 5.74) is 6.44. The van der Waals surface area contributed by atoms with Gasteiger partial charge in [0.2, 0.25) is 0 Å². The minimum absolute atomic E-state index is 0.146. The summed E-state index contributed by atoms with van der Waals surface area (Å²) < 4.78 is 37.9. The van der Waals surface area contributed by atoms with Crippen LogP contribution in [-0.4, -0.2) is 72.8 Å². The number of imidazole rings is 1. The molecule has 0 unspecified atom stereocenters. The third kappa shape index (κ3) is 6.55. The van der Waals surface area contributed by atoms with Gasteiger partial charge in [0, 0.05) is 0 Å². The number of aliphatic hydroxyl groups excluding tert-OH is 2. The number of nitrogens with two attached hydrogens (primary N) is 1. The number of nitrogen functional groups attached to an aromatic ring is 1. The summed E-state index contributed by atoms with van der Waals surface area (Å²) in [6, 6.07) is 7.25. The zero-order valence-corrected chi connectivity index (χ0v) is 22.8. The average Bonchev–Trinajstić information content (AvgIpc) is 3.43. The summed E-state index contributed by atoms with van der Waals surface area (Å²) >= 11 is 0. The smallest absolute Gasteiger partial charge is 0.459 e. The molecule has 0 bridgehead atoms.